The average molecular weight is 507 g/mol. The van der Waals surface area contributed by atoms with Gasteiger partial charge in [0.15, 0.2) is 5.96 Å². The summed E-state index contributed by atoms with van der Waals surface area (Å²) in [6.45, 7) is 12.5. The Morgan fingerprint density at radius 3 is 2.82 bits per heavy atom. The fourth-order valence-electron chi connectivity index (χ4n) is 3.47. The Morgan fingerprint density at radius 2 is 2.18 bits per heavy atom. The first-order chi connectivity index (χ1) is 13.2. The molecule has 2 aliphatic rings. The Labute approximate surface area is 185 Å². The van der Waals surface area contributed by atoms with Crippen molar-refractivity contribution in [2.75, 3.05) is 59.1 Å². The molecule has 2 fully saturated rings. The molecule has 1 N–H and O–H groups in total. The average Bonchev–Trinajstić information content (AvgIpc) is 3.33. The van der Waals surface area contributed by atoms with Gasteiger partial charge in [0, 0.05) is 51.9 Å². The topological polar surface area (TPSA) is 75.4 Å². The van der Waals surface area contributed by atoms with Crippen LogP contribution in [-0.4, -0.2) is 86.1 Å². The van der Waals surface area contributed by atoms with Gasteiger partial charge in [-0.15, -0.1) is 24.0 Å². The first-order valence-electron chi connectivity index (χ1n) is 10.1. The number of hydrogen-bond acceptors (Lipinski definition) is 6. The molecule has 28 heavy (non-hydrogen) atoms. The van der Waals surface area contributed by atoms with E-state index in [9.17, 15) is 0 Å². The fraction of sp³-hybridized carbons (Fsp3) is 0.789. The molecule has 0 aliphatic carbocycles. The van der Waals surface area contributed by atoms with Crippen molar-refractivity contribution < 1.29 is 14.0 Å². The molecule has 3 rings (SSSR count). The summed E-state index contributed by atoms with van der Waals surface area (Å²) < 4.78 is 16.4. The zero-order chi connectivity index (χ0) is 18.9. The highest BCUT2D eigenvalue weighted by Gasteiger charge is 2.20. The number of ether oxygens (including phenoxy) is 2. The van der Waals surface area contributed by atoms with E-state index < -0.39 is 0 Å². The molecule has 0 radical (unpaired) electrons. The second-order valence-electron chi connectivity index (χ2n) is 7.14. The number of hydrogen-bond donors (Lipinski definition) is 1. The van der Waals surface area contributed by atoms with E-state index in [1.54, 1.807) is 0 Å². The maximum Gasteiger partial charge on any atom is 0.194 e. The normalized spacial score (nSPS) is 21.0. The van der Waals surface area contributed by atoms with E-state index in [0.717, 1.165) is 76.1 Å². The van der Waals surface area contributed by atoms with Crippen molar-refractivity contribution >= 4 is 29.9 Å². The summed E-state index contributed by atoms with van der Waals surface area (Å²) in [7, 11) is 0. The van der Waals surface area contributed by atoms with Gasteiger partial charge in [0.05, 0.1) is 31.6 Å². The summed E-state index contributed by atoms with van der Waals surface area (Å²) in [5, 5.41) is 7.49. The van der Waals surface area contributed by atoms with Gasteiger partial charge in [0.25, 0.3) is 0 Å². The SMILES string of the molecule is CCNC(=NCCOCC1CCCO1)N1CCN(Cc2cc(C)on2)CC1.I. The molecule has 0 bridgehead atoms. The van der Waals surface area contributed by atoms with Crippen LogP contribution in [0.3, 0.4) is 0 Å². The lowest BCUT2D eigenvalue weighted by atomic mass is 10.2. The lowest BCUT2D eigenvalue weighted by Crippen LogP contribution is -2.52. The minimum Gasteiger partial charge on any atom is -0.377 e. The summed E-state index contributed by atoms with van der Waals surface area (Å²) in [6, 6.07) is 2.01. The van der Waals surface area contributed by atoms with Crippen molar-refractivity contribution in [3.63, 3.8) is 0 Å². The summed E-state index contributed by atoms with van der Waals surface area (Å²) in [5.41, 5.74) is 1.00. The van der Waals surface area contributed by atoms with Crippen molar-refractivity contribution in [1.29, 1.82) is 0 Å². The number of nitrogens with zero attached hydrogens (tertiary/aromatic N) is 4. The van der Waals surface area contributed by atoms with Gasteiger partial charge < -0.3 is 24.2 Å². The number of guanidine groups is 1. The highest BCUT2D eigenvalue weighted by molar-refractivity contribution is 14.0. The lowest BCUT2D eigenvalue weighted by Gasteiger charge is -2.36. The van der Waals surface area contributed by atoms with Crippen molar-refractivity contribution in [3.05, 3.63) is 17.5 Å². The number of nitrogens with one attached hydrogen (secondary N) is 1. The van der Waals surface area contributed by atoms with Crippen molar-refractivity contribution in [3.8, 4) is 0 Å². The van der Waals surface area contributed by atoms with Gasteiger partial charge in [-0.25, -0.2) is 0 Å². The largest absolute Gasteiger partial charge is 0.377 e. The van der Waals surface area contributed by atoms with Crippen molar-refractivity contribution in [2.45, 2.75) is 39.3 Å². The van der Waals surface area contributed by atoms with Crippen LogP contribution in [-0.2, 0) is 16.0 Å². The molecular formula is C19H34IN5O3. The maximum atomic E-state index is 5.72. The van der Waals surface area contributed by atoms with Crippen molar-refractivity contribution in [2.24, 2.45) is 4.99 Å². The van der Waals surface area contributed by atoms with E-state index in [1.807, 2.05) is 13.0 Å². The summed E-state index contributed by atoms with van der Waals surface area (Å²) >= 11 is 0. The van der Waals surface area contributed by atoms with E-state index in [-0.39, 0.29) is 30.1 Å². The zero-order valence-corrected chi connectivity index (χ0v) is 19.4. The molecule has 1 aromatic heterocycles. The third-order valence-corrected chi connectivity index (χ3v) is 4.89. The van der Waals surface area contributed by atoms with Crippen LogP contribution in [0.4, 0.5) is 0 Å². The van der Waals surface area contributed by atoms with Crippen LogP contribution in [0, 0.1) is 6.92 Å². The molecule has 0 amide bonds. The molecule has 3 heterocycles. The minimum absolute atomic E-state index is 0. The van der Waals surface area contributed by atoms with E-state index in [1.165, 1.54) is 0 Å². The van der Waals surface area contributed by atoms with Crippen molar-refractivity contribution in [1.82, 2.24) is 20.3 Å². The number of aryl methyl sites for hydroxylation is 1. The molecular weight excluding hydrogens is 473 g/mol. The van der Waals surface area contributed by atoms with Gasteiger partial charge in [-0.2, -0.15) is 0 Å². The Balaban J connectivity index is 0.00000280. The Bertz CT molecular complexity index is 584. The van der Waals surface area contributed by atoms with Crippen LogP contribution in [0.5, 0.6) is 0 Å². The Morgan fingerprint density at radius 1 is 1.36 bits per heavy atom. The van der Waals surface area contributed by atoms with Gasteiger partial charge in [0.2, 0.25) is 0 Å². The van der Waals surface area contributed by atoms with Crippen LogP contribution in [0.1, 0.15) is 31.2 Å². The molecule has 1 aromatic rings. The lowest BCUT2D eigenvalue weighted by molar-refractivity contribution is 0.0199. The Kier molecular flexibility index (Phi) is 10.5. The molecule has 0 aromatic carbocycles. The molecule has 1 atom stereocenters. The number of aliphatic imine (C=N–C) groups is 1. The third kappa shape index (κ3) is 7.49. The molecule has 1 unspecified atom stereocenters. The monoisotopic (exact) mass is 507 g/mol. The first kappa shape index (κ1) is 23.4. The van der Waals surface area contributed by atoms with E-state index >= 15 is 0 Å². The van der Waals surface area contributed by atoms with E-state index in [0.29, 0.717) is 19.8 Å². The molecule has 2 aliphatic heterocycles. The predicted molar refractivity (Wildman–Crippen MR) is 119 cm³/mol. The zero-order valence-electron chi connectivity index (χ0n) is 17.1. The quantitative estimate of drug-likeness (QED) is 0.249. The van der Waals surface area contributed by atoms with Crippen LogP contribution in [0.15, 0.2) is 15.6 Å². The number of rotatable bonds is 8. The van der Waals surface area contributed by atoms with Gasteiger partial charge in [-0.05, 0) is 26.7 Å². The highest BCUT2D eigenvalue weighted by atomic mass is 127. The molecule has 9 heteroatoms. The van der Waals surface area contributed by atoms with Crippen LogP contribution in [0.2, 0.25) is 0 Å². The predicted octanol–water partition coefficient (Wildman–Crippen LogP) is 1.88. The Hall–Kier alpha value is -0.910. The number of aromatic nitrogens is 1. The van der Waals surface area contributed by atoms with Gasteiger partial charge in [-0.3, -0.25) is 9.89 Å². The second kappa shape index (κ2) is 12.6. The molecule has 0 spiro atoms. The maximum absolute atomic E-state index is 5.72. The van der Waals surface area contributed by atoms with Gasteiger partial charge >= 0.3 is 0 Å². The van der Waals surface area contributed by atoms with Crippen LogP contribution < -0.4 is 5.32 Å². The highest BCUT2D eigenvalue weighted by Crippen LogP contribution is 2.12. The molecule has 8 nitrogen and oxygen atoms in total. The van der Waals surface area contributed by atoms with E-state index in [2.05, 4.69) is 27.2 Å². The molecule has 0 saturated carbocycles. The smallest absolute Gasteiger partial charge is 0.194 e. The molecule has 160 valence electrons. The number of halogens is 1. The standard InChI is InChI=1S/C19H33N5O3.HI/c1-3-20-19(21-6-12-25-15-18-5-4-11-26-18)24-9-7-23(8-10-24)14-17-13-16(2)27-22-17;/h13,18H,3-12,14-15H2,1-2H3,(H,20,21);1H. The fourth-order valence-corrected chi connectivity index (χ4v) is 3.47. The summed E-state index contributed by atoms with van der Waals surface area (Å²) in [5.74, 6) is 1.85. The first-order valence-corrected chi connectivity index (χ1v) is 10.1. The summed E-state index contributed by atoms with van der Waals surface area (Å²) in [4.78, 5) is 9.47. The van der Waals surface area contributed by atoms with Gasteiger partial charge in [-0.1, -0.05) is 5.16 Å². The van der Waals surface area contributed by atoms with Gasteiger partial charge in [0.1, 0.15) is 5.76 Å². The summed E-state index contributed by atoms with van der Waals surface area (Å²) in [6.07, 6.45) is 2.55. The third-order valence-electron chi connectivity index (χ3n) is 4.89. The van der Waals surface area contributed by atoms with E-state index in [4.69, 9.17) is 19.0 Å². The van der Waals surface area contributed by atoms with Crippen LogP contribution >= 0.6 is 24.0 Å². The minimum atomic E-state index is 0. The van der Waals surface area contributed by atoms with Crippen LogP contribution in [0.25, 0.3) is 0 Å². The second-order valence-corrected chi connectivity index (χ2v) is 7.14. The molecule has 2 saturated heterocycles. The number of piperazine rings is 1.